The second kappa shape index (κ2) is 9.50. The molecule has 0 spiro atoms. The Morgan fingerprint density at radius 2 is 1.70 bits per heavy atom. The van der Waals surface area contributed by atoms with Gasteiger partial charge in [-0.05, 0) is 48.5 Å². The molecule has 9 heteroatoms. The number of carbonyl (C=O) groups is 1. The Hall–Kier alpha value is -3.59. The van der Waals surface area contributed by atoms with Gasteiger partial charge < -0.3 is 14.5 Å². The number of piperazine rings is 1. The highest BCUT2D eigenvalue weighted by Crippen LogP contribution is 2.23. The van der Waals surface area contributed by atoms with Crippen molar-refractivity contribution in [3.8, 4) is 17.1 Å². The fourth-order valence-electron chi connectivity index (χ4n) is 3.85. The molecular weight excluding hydrogens is 436 g/mol. The van der Waals surface area contributed by atoms with E-state index in [-0.39, 0.29) is 5.91 Å². The Kier molecular flexibility index (Phi) is 6.12. The van der Waals surface area contributed by atoms with Gasteiger partial charge in [-0.15, -0.1) is 10.2 Å². The lowest BCUT2D eigenvalue weighted by molar-refractivity contribution is -0.128. The zero-order valence-corrected chi connectivity index (χ0v) is 19.1. The number of hydrogen-bond donors (Lipinski definition) is 0. The number of para-hydroxylation sites is 1. The number of aromatic nitrogens is 4. The van der Waals surface area contributed by atoms with Crippen LogP contribution in [0, 0.1) is 0 Å². The number of fused-ring (bicyclic) bond motifs is 1. The number of thioether (sulfide) groups is 1. The summed E-state index contributed by atoms with van der Waals surface area (Å²) in [5, 5.41) is 13.9. The minimum absolute atomic E-state index is 0.133. The van der Waals surface area contributed by atoms with Crippen LogP contribution in [0.25, 0.3) is 17.0 Å². The van der Waals surface area contributed by atoms with E-state index in [0.717, 1.165) is 42.5 Å². The number of rotatable bonds is 6. The van der Waals surface area contributed by atoms with Crippen LogP contribution in [0.3, 0.4) is 0 Å². The predicted molar refractivity (Wildman–Crippen MR) is 129 cm³/mol. The molecule has 1 amide bonds. The highest BCUT2D eigenvalue weighted by Gasteiger charge is 2.21. The Morgan fingerprint density at radius 1 is 0.939 bits per heavy atom. The lowest BCUT2D eigenvalue weighted by Gasteiger charge is -2.36. The highest BCUT2D eigenvalue weighted by molar-refractivity contribution is 7.99. The third kappa shape index (κ3) is 4.63. The summed E-state index contributed by atoms with van der Waals surface area (Å²) in [6.45, 7) is 3.15. The summed E-state index contributed by atoms with van der Waals surface area (Å²) in [4.78, 5) is 17.0. The number of benzene rings is 2. The minimum atomic E-state index is 0.133. The van der Waals surface area contributed by atoms with Gasteiger partial charge in [-0.25, -0.2) is 0 Å². The number of anilines is 1. The van der Waals surface area contributed by atoms with Crippen LogP contribution in [0.15, 0.2) is 71.8 Å². The van der Waals surface area contributed by atoms with Crippen LogP contribution < -0.4 is 9.64 Å². The Bertz CT molecular complexity index is 1240. The minimum Gasteiger partial charge on any atom is -0.497 e. The summed E-state index contributed by atoms with van der Waals surface area (Å²) >= 11 is 1.44. The van der Waals surface area contributed by atoms with Gasteiger partial charge in [-0.3, -0.25) is 4.79 Å². The lowest BCUT2D eigenvalue weighted by atomic mass is 10.2. The molecule has 0 unspecified atom stereocenters. The van der Waals surface area contributed by atoms with E-state index in [0.29, 0.717) is 17.2 Å². The highest BCUT2D eigenvalue weighted by atomic mass is 32.2. The second-order valence-electron chi connectivity index (χ2n) is 7.69. The first-order chi connectivity index (χ1) is 16.2. The molecule has 0 atom stereocenters. The van der Waals surface area contributed by atoms with Gasteiger partial charge in [-0.1, -0.05) is 30.0 Å². The molecule has 0 aliphatic carbocycles. The van der Waals surface area contributed by atoms with Crippen molar-refractivity contribution in [2.45, 2.75) is 5.03 Å². The van der Waals surface area contributed by atoms with E-state index in [4.69, 9.17) is 4.74 Å². The largest absolute Gasteiger partial charge is 0.497 e. The van der Waals surface area contributed by atoms with E-state index in [2.05, 4.69) is 32.3 Å². The maximum atomic E-state index is 12.8. The molecule has 3 heterocycles. The summed E-state index contributed by atoms with van der Waals surface area (Å²) in [6.07, 6.45) is 0. The molecule has 1 saturated heterocycles. The number of amides is 1. The van der Waals surface area contributed by atoms with Crippen molar-refractivity contribution in [1.29, 1.82) is 0 Å². The van der Waals surface area contributed by atoms with E-state index in [1.54, 1.807) is 11.6 Å². The summed E-state index contributed by atoms with van der Waals surface area (Å²) in [5.74, 6) is 1.91. The third-order valence-corrected chi connectivity index (χ3v) is 6.59. The van der Waals surface area contributed by atoms with Gasteiger partial charge in [0.25, 0.3) is 0 Å². The fourth-order valence-corrected chi connectivity index (χ4v) is 4.61. The van der Waals surface area contributed by atoms with E-state index < -0.39 is 0 Å². The van der Waals surface area contributed by atoms with Gasteiger partial charge >= 0.3 is 0 Å². The molecule has 33 heavy (non-hydrogen) atoms. The van der Waals surface area contributed by atoms with Crippen molar-refractivity contribution in [3.63, 3.8) is 0 Å². The average Bonchev–Trinajstić information content (AvgIpc) is 3.31. The first kappa shape index (κ1) is 21.3. The molecule has 1 aliphatic heterocycles. The van der Waals surface area contributed by atoms with Gasteiger partial charge in [0, 0.05) is 37.4 Å². The molecule has 1 aliphatic rings. The molecule has 0 N–H and O–H groups in total. The van der Waals surface area contributed by atoms with E-state index in [1.165, 1.54) is 17.4 Å². The SMILES string of the molecule is COc1ccc(-c2nnc3ccc(SCC(=O)N4CCN(c5ccccc5)CC4)nn23)cc1. The second-order valence-corrected chi connectivity index (χ2v) is 8.68. The molecule has 168 valence electrons. The zero-order valence-electron chi connectivity index (χ0n) is 18.3. The molecule has 2 aromatic heterocycles. The molecule has 0 bridgehead atoms. The first-order valence-corrected chi connectivity index (χ1v) is 11.8. The molecular formula is C24H24N6O2S. The van der Waals surface area contributed by atoms with Crippen molar-refractivity contribution in [3.05, 3.63) is 66.7 Å². The van der Waals surface area contributed by atoms with Crippen molar-refractivity contribution in [2.75, 3.05) is 43.9 Å². The Labute approximate surface area is 196 Å². The third-order valence-electron chi connectivity index (χ3n) is 5.68. The van der Waals surface area contributed by atoms with Gasteiger partial charge in [0.2, 0.25) is 5.91 Å². The van der Waals surface area contributed by atoms with Gasteiger partial charge in [0.1, 0.15) is 10.8 Å². The number of carbonyl (C=O) groups excluding carboxylic acids is 1. The van der Waals surface area contributed by atoms with Crippen LogP contribution in [0.2, 0.25) is 0 Å². The topological polar surface area (TPSA) is 75.9 Å². The molecule has 8 nitrogen and oxygen atoms in total. The number of ether oxygens (including phenoxy) is 1. The molecule has 0 radical (unpaired) electrons. The number of nitrogens with zero attached hydrogens (tertiary/aromatic N) is 6. The van der Waals surface area contributed by atoms with Crippen molar-refractivity contribution >= 4 is 29.0 Å². The van der Waals surface area contributed by atoms with Gasteiger partial charge in [-0.2, -0.15) is 9.61 Å². The standard InChI is InChI=1S/C24H24N6O2S/c1-32-20-9-7-18(8-10-20)24-26-25-21-11-12-22(27-30(21)24)33-17-23(31)29-15-13-28(14-16-29)19-5-3-2-4-6-19/h2-12H,13-17H2,1H3. The van der Waals surface area contributed by atoms with Crippen LogP contribution in [-0.4, -0.2) is 69.7 Å². The first-order valence-electron chi connectivity index (χ1n) is 10.8. The molecule has 1 fully saturated rings. The monoisotopic (exact) mass is 460 g/mol. The zero-order chi connectivity index (χ0) is 22.6. The summed E-state index contributed by atoms with van der Waals surface area (Å²) < 4.78 is 6.94. The lowest BCUT2D eigenvalue weighted by Crippen LogP contribution is -2.49. The van der Waals surface area contributed by atoms with E-state index in [9.17, 15) is 4.79 Å². The maximum Gasteiger partial charge on any atom is 0.233 e. The summed E-state index contributed by atoms with van der Waals surface area (Å²) in [5.41, 5.74) is 2.76. The van der Waals surface area contributed by atoms with E-state index in [1.807, 2.05) is 59.5 Å². The van der Waals surface area contributed by atoms with Crippen molar-refractivity contribution < 1.29 is 9.53 Å². The van der Waals surface area contributed by atoms with Gasteiger partial charge in [0.05, 0.1) is 12.9 Å². The number of hydrogen-bond acceptors (Lipinski definition) is 7. The molecule has 5 rings (SSSR count). The van der Waals surface area contributed by atoms with Crippen molar-refractivity contribution in [2.24, 2.45) is 0 Å². The molecule has 4 aromatic rings. The van der Waals surface area contributed by atoms with Crippen LogP contribution in [0.1, 0.15) is 0 Å². The number of methoxy groups -OCH3 is 1. The Morgan fingerprint density at radius 3 is 2.42 bits per heavy atom. The molecule has 0 saturated carbocycles. The van der Waals surface area contributed by atoms with Crippen LogP contribution in [0.4, 0.5) is 5.69 Å². The van der Waals surface area contributed by atoms with Crippen LogP contribution >= 0.6 is 11.8 Å². The Balaban J connectivity index is 1.22. The van der Waals surface area contributed by atoms with E-state index >= 15 is 0 Å². The van der Waals surface area contributed by atoms with Gasteiger partial charge in [0.15, 0.2) is 11.5 Å². The maximum absolute atomic E-state index is 12.8. The summed E-state index contributed by atoms with van der Waals surface area (Å²) in [7, 11) is 1.64. The normalized spacial score (nSPS) is 14.0. The average molecular weight is 461 g/mol. The van der Waals surface area contributed by atoms with Crippen molar-refractivity contribution in [1.82, 2.24) is 24.7 Å². The smallest absolute Gasteiger partial charge is 0.233 e. The molecule has 2 aromatic carbocycles. The predicted octanol–water partition coefficient (Wildman–Crippen LogP) is 3.24. The van der Waals surface area contributed by atoms with Crippen LogP contribution in [0.5, 0.6) is 5.75 Å². The summed E-state index contributed by atoms with van der Waals surface area (Å²) in [6, 6.07) is 21.7. The van der Waals surface area contributed by atoms with Crippen LogP contribution in [-0.2, 0) is 4.79 Å². The fraction of sp³-hybridized carbons (Fsp3) is 0.250. The quantitative estimate of drug-likeness (QED) is 0.409.